The average Bonchev–Trinajstić information content (AvgIpc) is 3.31. The molecule has 2 heterocycles. The van der Waals surface area contributed by atoms with Gasteiger partial charge in [-0.05, 0) is 62.8 Å². The van der Waals surface area contributed by atoms with Gasteiger partial charge in [-0.25, -0.2) is 4.79 Å². The van der Waals surface area contributed by atoms with Gasteiger partial charge in [-0.2, -0.15) is 0 Å². The Morgan fingerprint density at radius 2 is 1.87 bits per heavy atom. The summed E-state index contributed by atoms with van der Waals surface area (Å²) in [5.41, 5.74) is 2.47. The van der Waals surface area contributed by atoms with Crippen LogP contribution < -0.4 is 0 Å². The molecule has 3 rings (SSSR count). The monoisotopic (exact) mass is 408 g/mol. The van der Waals surface area contributed by atoms with E-state index in [9.17, 15) is 19.7 Å². The largest absolute Gasteiger partial charge is 0.461 e. The molecule has 0 fully saturated rings. The summed E-state index contributed by atoms with van der Waals surface area (Å²) in [6.07, 6.45) is 2.91. The highest BCUT2D eigenvalue weighted by Crippen LogP contribution is 2.25. The van der Waals surface area contributed by atoms with Crippen molar-refractivity contribution < 1.29 is 23.7 Å². The fourth-order valence-electron chi connectivity index (χ4n) is 3.11. The van der Waals surface area contributed by atoms with Gasteiger partial charge in [0.05, 0.1) is 11.5 Å². The highest BCUT2D eigenvalue weighted by Gasteiger charge is 2.21. The second-order valence-electron chi connectivity index (χ2n) is 6.55. The van der Waals surface area contributed by atoms with Gasteiger partial charge in [-0.1, -0.05) is 0 Å². The maximum Gasteiger partial charge on any atom is 0.355 e. The van der Waals surface area contributed by atoms with E-state index in [0.717, 1.165) is 0 Å². The van der Waals surface area contributed by atoms with Gasteiger partial charge < -0.3 is 14.1 Å². The van der Waals surface area contributed by atoms with Crippen molar-refractivity contribution in [1.82, 2.24) is 4.98 Å². The predicted molar refractivity (Wildman–Crippen MR) is 110 cm³/mol. The number of nitrogens with zero attached hydrogens (tertiary/aromatic N) is 1. The first-order valence-electron chi connectivity index (χ1n) is 9.25. The molecule has 0 radical (unpaired) electrons. The second-order valence-corrected chi connectivity index (χ2v) is 6.55. The smallest absolute Gasteiger partial charge is 0.355 e. The Morgan fingerprint density at radius 3 is 2.50 bits per heavy atom. The molecule has 2 aromatic heterocycles. The average molecular weight is 408 g/mol. The normalized spacial score (nSPS) is 11.0. The summed E-state index contributed by atoms with van der Waals surface area (Å²) in [5, 5.41) is 10.8. The van der Waals surface area contributed by atoms with Crippen LogP contribution in [0.15, 0.2) is 46.9 Å². The van der Waals surface area contributed by atoms with Gasteiger partial charge in [0.1, 0.15) is 17.2 Å². The lowest BCUT2D eigenvalue weighted by molar-refractivity contribution is -0.384. The summed E-state index contributed by atoms with van der Waals surface area (Å²) in [5.74, 6) is 0.203. The van der Waals surface area contributed by atoms with E-state index < -0.39 is 10.9 Å². The SMILES string of the molecule is CCOC(=O)c1[nH]c(C)c(C(=O)/C=C/c2ccc(-c3ccc([N+](=O)[O-])cc3)o2)c1C. The van der Waals surface area contributed by atoms with Crippen molar-refractivity contribution >= 4 is 23.5 Å². The van der Waals surface area contributed by atoms with Crippen LogP contribution in [0.5, 0.6) is 0 Å². The summed E-state index contributed by atoms with van der Waals surface area (Å²) in [6.45, 7) is 5.37. The molecule has 0 atom stereocenters. The number of esters is 1. The zero-order chi connectivity index (χ0) is 21.8. The number of benzene rings is 1. The molecule has 8 nitrogen and oxygen atoms in total. The van der Waals surface area contributed by atoms with Gasteiger partial charge in [0, 0.05) is 29.0 Å². The summed E-state index contributed by atoms with van der Waals surface area (Å²) >= 11 is 0. The third-order valence-corrected chi connectivity index (χ3v) is 4.55. The lowest BCUT2D eigenvalue weighted by Gasteiger charge is -2.00. The number of furan rings is 1. The summed E-state index contributed by atoms with van der Waals surface area (Å²) < 4.78 is 10.7. The van der Waals surface area contributed by atoms with Crippen LogP contribution >= 0.6 is 0 Å². The molecule has 154 valence electrons. The van der Waals surface area contributed by atoms with Crippen LogP contribution in [-0.2, 0) is 4.74 Å². The molecule has 0 amide bonds. The summed E-state index contributed by atoms with van der Waals surface area (Å²) in [7, 11) is 0. The maximum absolute atomic E-state index is 12.7. The van der Waals surface area contributed by atoms with Gasteiger partial charge in [0.2, 0.25) is 0 Å². The zero-order valence-corrected chi connectivity index (χ0v) is 16.7. The number of rotatable bonds is 7. The molecular formula is C22H20N2O6. The molecule has 0 bridgehead atoms. The fraction of sp³-hybridized carbons (Fsp3) is 0.182. The third kappa shape index (κ3) is 4.22. The molecule has 0 saturated carbocycles. The van der Waals surface area contributed by atoms with E-state index in [2.05, 4.69) is 4.98 Å². The van der Waals surface area contributed by atoms with Crippen molar-refractivity contribution in [1.29, 1.82) is 0 Å². The molecule has 0 unspecified atom stereocenters. The van der Waals surface area contributed by atoms with Gasteiger partial charge >= 0.3 is 5.97 Å². The molecule has 0 saturated heterocycles. The number of carbonyl (C=O) groups excluding carboxylic acids is 2. The minimum atomic E-state index is -0.500. The first-order valence-corrected chi connectivity index (χ1v) is 9.25. The minimum absolute atomic E-state index is 0.00421. The van der Waals surface area contributed by atoms with Crippen LogP contribution in [-0.4, -0.2) is 28.3 Å². The number of H-pyrrole nitrogens is 1. The van der Waals surface area contributed by atoms with E-state index in [0.29, 0.717) is 33.9 Å². The van der Waals surface area contributed by atoms with Gasteiger partial charge in [0.25, 0.3) is 5.69 Å². The lowest BCUT2D eigenvalue weighted by Crippen LogP contribution is -2.07. The van der Waals surface area contributed by atoms with Gasteiger partial charge in [-0.3, -0.25) is 14.9 Å². The molecular weight excluding hydrogens is 388 g/mol. The number of aromatic amines is 1. The third-order valence-electron chi connectivity index (χ3n) is 4.55. The number of ketones is 1. The zero-order valence-electron chi connectivity index (χ0n) is 16.7. The molecule has 0 spiro atoms. The Labute approximate surface area is 172 Å². The number of nitro groups is 1. The molecule has 0 aliphatic heterocycles. The van der Waals surface area contributed by atoms with E-state index in [1.807, 2.05) is 0 Å². The first kappa shape index (κ1) is 20.8. The van der Waals surface area contributed by atoms with Crippen molar-refractivity contribution in [3.8, 4) is 11.3 Å². The van der Waals surface area contributed by atoms with E-state index in [1.54, 1.807) is 45.0 Å². The summed E-state index contributed by atoms with van der Waals surface area (Å²) in [4.78, 5) is 37.9. The van der Waals surface area contributed by atoms with Crippen molar-refractivity contribution in [2.75, 3.05) is 6.61 Å². The number of aromatic nitrogens is 1. The van der Waals surface area contributed by atoms with Crippen LogP contribution in [0.1, 0.15) is 44.8 Å². The molecule has 0 aliphatic carbocycles. The van der Waals surface area contributed by atoms with E-state index >= 15 is 0 Å². The van der Waals surface area contributed by atoms with E-state index in [1.165, 1.54) is 24.3 Å². The number of aryl methyl sites for hydroxylation is 1. The van der Waals surface area contributed by atoms with E-state index in [4.69, 9.17) is 9.15 Å². The minimum Gasteiger partial charge on any atom is -0.461 e. The van der Waals surface area contributed by atoms with Crippen LogP contribution in [0, 0.1) is 24.0 Å². The van der Waals surface area contributed by atoms with Crippen LogP contribution in [0.25, 0.3) is 17.4 Å². The Bertz CT molecular complexity index is 1140. The Balaban J connectivity index is 1.78. The number of ether oxygens (including phenoxy) is 1. The van der Waals surface area contributed by atoms with Crippen LogP contribution in [0.3, 0.4) is 0 Å². The number of hydrogen-bond donors (Lipinski definition) is 1. The topological polar surface area (TPSA) is 115 Å². The molecule has 0 aliphatic rings. The lowest BCUT2D eigenvalue weighted by atomic mass is 10.1. The number of carbonyl (C=O) groups is 2. The quantitative estimate of drug-likeness (QED) is 0.196. The van der Waals surface area contributed by atoms with Gasteiger partial charge in [0.15, 0.2) is 5.78 Å². The number of hydrogen-bond acceptors (Lipinski definition) is 6. The van der Waals surface area contributed by atoms with Crippen LogP contribution in [0.2, 0.25) is 0 Å². The molecule has 30 heavy (non-hydrogen) atoms. The van der Waals surface area contributed by atoms with Crippen molar-refractivity contribution in [3.05, 3.63) is 80.9 Å². The highest BCUT2D eigenvalue weighted by molar-refractivity contribution is 6.10. The highest BCUT2D eigenvalue weighted by atomic mass is 16.6. The standard InChI is InChI=1S/C22H20N2O6/c1-4-29-22(26)21-13(2)20(14(3)23-21)18(25)11-9-17-10-12-19(30-17)15-5-7-16(8-6-15)24(27)28/h5-12,23H,4H2,1-3H3/b11-9+. The molecule has 1 aromatic carbocycles. The Hall–Kier alpha value is -3.94. The van der Waals surface area contributed by atoms with Crippen molar-refractivity contribution in [2.24, 2.45) is 0 Å². The predicted octanol–water partition coefficient (Wildman–Crippen LogP) is 4.87. The van der Waals surface area contributed by atoms with Crippen LogP contribution in [0.4, 0.5) is 5.69 Å². The Kier molecular flexibility index (Phi) is 5.96. The van der Waals surface area contributed by atoms with Crippen molar-refractivity contribution in [3.63, 3.8) is 0 Å². The molecule has 1 N–H and O–H groups in total. The molecule has 3 aromatic rings. The van der Waals surface area contributed by atoms with Gasteiger partial charge in [-0.15, -0.1) is 0 Å². The first-order chi connectivity index (χ1) is 14.3. The number of non-ortho nitro benzene ring substituents is 1. The van der Waals surface area contributed by atoms with Crippen molar-refractivity contribution in [2.45, 2.75) is 20.8 Å². The fourth-order valence-corrected chi connectivity index (χ4v) is 3.11. The number of nitrogens with one attached hydrogen (secondary N) is 1. The second kappa shape index (κ2) is 8.60. The Morgan fingerprint density at radius 1 is 1.17 bits per heavy atom. The molecule has 8 heteroatoms. The van der Waals surface area contributed by atoms with E-state index in [-0.39, 0.29) is 23.8 Å². The number of allylic oxidation sites excluding steroid dienone is 1. The maximum atomic E-state index is 12.7. The summed E-state index contributed by atoms with van der Waals surface area (Å²) in [6, 6.07) is 9.40. The number of nitro benzene ring substituents is 1.